The molecule has 0 radical (unpaired) electrons. The molecule has 2 aromatic heterocycles. The third kappa shape index (κ3) is 6.68. The van der Waals surface area contributed by atoms with Crippen LogP contribution in [0.1, 0.15) is 16.1 Å². The van der Waals surface area contributed by atoms with Crippen LogP contribution >= 0.6 is 0 Å². The van der Waals surface area contributed by atoms with Gasteiger partial charge in [-0.05, 0) is 63.3 Å². The van der Waals surface area contributed by atoms with E-state index in [4.69, 9.17) is 5.73 Å². The average Bonchev–Trinajstić information content (AvgIpc) is 3.31. The van der Waals surface area contributed by atoms with Crippen LogP contribution in [-0.4, -0.2) is 78.1 Å². The number of imidazole rings is 1. The summed E-state index contributed by atoms with van der Waals surface area (Å²) in [6.45, 7) is 4.27. The fourth-order valence-corrected chi connectivity index (χ4v) is 4.33. The number of amides is 2. The first kappa shape index (κ1) is 31.3. The summed E-state index contributed by atoms with van der Waals surface area (Å²) in [7, 11) is 6.92. The quantitative estimate of drug-likeness (QED) is 0.163. The molecule has 0 atom stereocenters. The number of amidine groups is 1. The summed E-state index contributed by atoms with van der Waals surface area (Å²) in [5.41, 5.74) is 7.69. The Bertz CT molecular complexity index is 1820. The summed E-state index contributed by atoms with van der Waals surface area (Å²) in [4.78, 5) is 54.8. The van der Waals surface area contributed by atoms with Crippen LogP contribution in [-0.2, 0) is 4.79 Å². The van der Waals surface area contributed by atoms with Crippen LogP contribution in [0.3, 0.4) is 0 Å². The maximum Gasteiger partial charge on any atom is 0.339 e. The van der Waals surface area contributed by atoms with E-state index >= 15 is 0 Å². The number of aromatic nitrogens is 3. The number of anilines is 2. The first-order valence-corrected chi connectivity index (χ1v) is 13.3. The van der Waals surface area contributed by atoms with Gasteiger partial charge in [0.05, 0.1) is 29.5 Å². The van der Waals surface area contributed by atoms with Crippen LogP contribution in [0.25, 0.3) is 11.4 Å². The molecule has 0 aliphatic carbocycles. The van der Waals surface area contributed by atoms with E-state index < -0.39 is 17.4 Å². The van der Waals surface area contributed by atoms with Crippen LogP contribution in [0.5, 0.6) is 0 Å². The van der Waals surface area contributed by atoms with Gasteiger partial charge in [-0.2, -0.15) is 0 Å². The topological polar surface area (TPSA) is 143 Å². The molecule has 0 spiro atoms. The van der Waals surface area contributed by atoms with E-state index in [0.29, 0.717) is 23.6 Å². The molecule has 12 nitrogen and oxygen atoms in total. The predicted molar refractivity (Wildman–Crippen MR) is 170 cm³/mol. The lowest BCUT2D eigenvalue weighted by Crippen LogP contribution is -2.26. The molecule has 4 aromatic rings. The van der Waals surface area contributed by atoms with Gasteiger partial charge in [0.2, 0.25) is 5.91 Å². The van der Waals surface area contributed by atoms with Gasteiger partial charge in [0.15, 0.2) is 5.82 Å². The van der Waals surface area contributed by atoms with Crippen molar-refractivity contribution in [3.8, 4) is 11.4 Å². The van der Waals surface area contributed by atoms with Crippen LogP contribution in [0.15, 0.2) is 93.9 Å². The molecule has 0 fully saturated rings. The van der Waals surface area contributed by atoms with E-state index in [9.17, 15) is 18.8 Å². The summed E-state index contributed by atoms with van der Waals surface area (Å²) in [5, 5.41) is 2.58. The molecule has 0 unspecified atom stereocenters. The molecule has 3 N–H and O–H groups in total. The molecule has 4 rings (SSSR count). The molecular weight excluding hydrogens is 565 g/mol. The molecular formula is C31H32FN9O3. The molecule has 0 bridgehead atoms. The number of pyridine rings is 1. The highest BCUT2D eigenvalue weighted by Gasteiger charge is 2.25. The molecule has 13 heteroatoms. The van der Waals surface area contributed by atoms with Crippen molar-refractivity contribution in [2.24, 2.45) is 15.7 Å². The maximum absolute atomic E-state index is 14.0. The lowest BCUT2D eigenvalue weighted by Gasteiger charge is -2.17. The Labute approximate surface area is 253 Å². The number of nitrogens with two attached hydrogens (primary N) is 1. The minimum absolute atomic E-state index is 0.0261. The smallest absolute Gasteiger partial charge is 0.339 e. The number of likely N-dealkylation sites (N-methyl/N-ethyl adjacent to an activating group) is 2. The van der Waals surface area contributed by atoms with E-state index in [1.807, 2.05) is 19.0 Å². The molecule has 0 saturated heterocycles. The zero-order valence-corrected chi connectivity index (χ0v) is 24.7. The number of benzene rings is 2. The van der Waals surface area contributed by atoms with Gasteiger partial charge in [-0.15, -0.1) is 0 Å². The van der Waals surface area contributed by atoms with Gasteiger partial charge in [-0.3, -0.25) is 24.1 Å². The number of halogens is 1. The summed E-state index contributed by atoms with van der Waals surface area (Å²) >= 11 is 0. The summed E-state index contributed by atoms with van der Waals surface area (Å²) in [5.74, 6) is -1.16. The molecule has 0 saturated carbocycles. The first-order chi connectivity index (χ1) is 21.0. The van der Waals surface area contributed by atoms with Crippen molar-refractivity contribution in [1.82, 2.24) is 19.0 Å². The average molecular weight is 598 g/mol. The second-order valence-corrected chi connectivity index (χ2v) is 9.87. The summed E-state index contributed by atoms with van der Waals surface area (Å²) in [6.07, 6.45) is 5.61. The van der Waals surface area contributed by atoms with Gasteiger partial charge < -0.3 is 20.9 Å². The number of hydrogen-bond acceptors (Lipinski definition) is 7. The van der Waals surface area contributed by atoms with Crippen LogP contribution in [0.4, 0.5) is 21.6 Å². The second-order valence-electron chi connectivity index (χ2n) is 9.87. The highest BCUT2D eigenvalue weighted by molar-refractivity contribution is 6.04. The maximum atomic E-state index is 14.0. The third-order valence-corrected chi connectivity index (χ3v) is 6.55. The zero-order valence-electron chi connectivity index (χ0n) is 24.7. The highest BCUT2D eigenvalue weighted by atomic mass is 19.1. The normalized spacial score (nSPS) is 11.6. The minimum Gasteiger partial charge on any atom is -0.382 e. The van der Waals surface area contributed by atoms with E-state index in [-0.39, 0.29) is 34.5 Å². The van der Waals surface area contributed by atoms with Gasteiger partial charge in [0, 0.05) is 44.0 Å². The Morgan fingerprint density at radius 3 is 2.43 bits per heavy atom. The van der Waals surface area contributed by atoms with Gasteiger partial charge in [-0.1, -0.05) is 12.1 Å². The zero-order chi connectivity index (χ0) is 32.0. The van der Waals surface area contributed by atoms with Crippen LogP contribution in [0, 0.1) is 5.82 Å². The van der Waals surface area contributed by atoms with Crippen molar-refractivity contribution in [2.75, 3.05) is 45.0 Å². The van der Waals surface area contributed by atoms with Crippen LogP contribution in [0.2, 0.25) is 0 Å². The van der Waals surface area contributed by atoms with Crippen molar-refractivity contribution in [3.05, 3.63) is 107 Å². The number of nitrogens with zero attached hydrogens (tertiary/aromatic N) is 7. The van der Waals surface area contributed by atoms with E-state index in [2.05, 4.69) is 27.0 Å². The standard InChI is InChI=1S/C31H32FN9O3/c1-34-28(33)27-29(35-2)41(25-9-6-8-24(17-25)39(5)26(42)10-7-15-38(3)4)31(44)40(27)23-13-11-20(12-14-23)30(43)37-22-16-21(32)18-36-19-22/h6-14,16-19H,2,15H2,1,3-5H3,(H2,33,34)(H,37,43). The summed E-state index contributed by atoms with van der Waals surface area (Å²) in [6, 6.07) is 14.1. The molecule has 226 valence electrons. The van der Waals surface area contributed by atoms with Gasteiger partial charge >= 0.3 is 5.69 Å². The number of aliphatic imine (C=N–C) groups is 2. The Hall–Kier alpha value is -5.69. The van der Waals surface area contributed by atoms with Crippen molar-refractivity contribution in [3.63, 3.8) is 0 Å². The van der Waals surface area contributed by atoms with Crippen molar-refractivity contribution >= 4 is 41.6 Å². The Morgan fingerprint density at radius 2 is 1.80 bits per heavy atom. The number of hydrogen-bond donors (Lipinski definition) is 2. The van der Waals surface area contributed by atoms with Crippen molar-refractivity contribution in [2.45, 2.75) is 0 Å². The number of carbonyl (C=O) groups excluding carboxylic acids is 2. The SMILES string of the molecule is C=Nc1c(C(N)=NC)n(-c2ccc(C(=O)Nc3cncc(F)c3)cc2)c(=O)n1-c1cccc(N(C)C(=O)C=CCN(C)C)c1. The van der Waals surface area contributed by atoms with Gasteiger partial charge in [-0.25, -0.2) is 18.7 Å². The van der Waals surface area contributed by atoms with E-state index in [1.54, 1.807) is 49.5 Å². The Morgan fingerprint density at radius 1 is 1.07 bits per heavy atom. The predicted octanol–water partition coefficient (Wildman–Crippen LogP) is 3.16. The number of carbonyl (C=O) groups is 2. The fourth-order valence-electron chi connectivity index (χ4n) is 4.33. The number of nitrogens with one attached hydrogen (secondary N) is 1. The lowest BCUT2D eigenvalue weighted by molar-refractivity contribution is -0.113. The largest absolute Gasteiger partial charge is 0.382 e. The second kappa shape index (κ2) is 13.5. The Kier molecular flexibility index (Phi) is 9.61. The molecule has 2 amide bonds. The first-order valence-electron chi connectivity index (χ1n) is 13.3. The van der Waals surface area contributed by atoms with Gasteiger partial charge in [0.1, 0.15) is 17.3 Å². The Balaban J connectivity index is 1.75. The highest BCUT2D eigenvalue weighted by Crippen LogP contribution is 2.27. The molecule has 0 aliphatic rings. The molecule has 44 heavy (non-hydrogen) atoms. The molecule has 0 aliphatic heterocycles. The van der Waals surface area contributed by atoms with Gasteiger partial charge in [0.25, 0.3) is 5.91 Å². The van der Waals surface area contributed by atoms with E-state index in [0.717, 1.165) is 12.3 Å². The summed E-state index contributed by atoms with van der Waals surface area (Å²) < 4.78 is 16.1. The van der Waals surface area contributed by atoms with Crippen LogP contribution < -0.4 is 21.6 Å². The molecule has 2 aromatic carbocycles. The number of rotatable bonds is 10. The lowest BCUT2D eigenvalue weighted by atomic mass is 10.2. The van der Waals surface area contributed by atoms with Crippen molar-refractivity contribution in [1.29, 1.82) is 0 Å². The molecule has 2 heterocycles. The van der Waals surface area contributed by atoms with Crippen molar-refractivity contribution < 1.29 is 14.0 Å². The fraction of sp³-hybridized carbons (Fsp3) is 0.161. The third-order valence-electron chi connectivity index (χ3n) is 6.55. The minimum atomic E-state index is -0.586. The monoisotopic (exact) mass is 597 g/mol. The van der Waals surface area contributed by atoms with E-state index in [1.165, 1.54) is 45.5 Å².